The van der Waals surface area contributed by atoms with Crippen LogP contribution in [0.4, 0.5) is 23.3 Å². The molecule has 1 saturated heterocycles. The van der Waals surface area contributed by atoms with E-state index in [4.69, 9.17) is 5.73 Å². The Labute approximate surface area is 129 Å². The fraction of sp³-hybridized carbons (Fsp3) is 0.714. The molecule has 0 unspecified atom stereocenters. The standard InChI is InChI=1S/C14H22N6O2/c15-12-11(20(21)22)13(19-8-4-5-9-19)18-14(17-12)16-10-6-2-1-3-7-10/h10H,1-9H2,(H3,15,16,17,18). The molecule has 3 rings (SSSR count). The summed E-state index contributed by atoms with van der Waals surface area (Å²) in [6.45, 7) is 1.56. The highest BCUT2D eigenvalue weighted by molar-refractivity contribution is 5.71. The Morgan fingerprint density at radius 3 is 2.45 bits per heavy atom. The SMILES string of the molecule is Nc1nc(NC2CCCCC2)nc(N2CCCC2)c1[N+](=O)[O-]. The minimum Gasteiger partial charge on any atom is -0.378 e. The Bertz CT molecular complexity index is 553. The van der Waals surface area contributed by atoms with Gasteiger partial charge < -0.3 is 16.0 Å². The second kappa shape index (κ2) is 6.33. The van der Waals surface area contributed by atoms with E-state index in [9.17, 15) is 10.1 Å². The van der Waals surface area contributed by atoms with Crippen molar-refractivity contribution in [3.05, 3.63) is 10.1 Å². The fourth-order valence-corrected chi connectivity index (χ4v) is 3.28. The van der Waals surface area contributed by atoms with Crippen LogP contribution in [0.25, 0.3) is 0 Å². The second-order valence-corrected chi connectivity index (χ2v) is 6.04. The van der Waals surface area contributed by atoms with E-state index in [0.29, 0.717) is 17.8 Å². The zero-order valence-corrected chi connectivity index (χ0v) is 12.6. The molecule has 2 aliphatic rings. The number of nitrogens with one attached hydrogen (secondary N) is 1. The molecule has 1 aliphatic carbocycles. The van der Waals surface area contributed by atoms with Crippen molar-refractivity contribution in [3.63, 3.8) is 0 Å². The van der Waals surface area contributed by atoms with Crippen LogP contribution in [0.2, 0.25) is 0 Å². The quantitative estimate of drug-likeness (QED) is 0.648. The Balaban J connectivity index is 1.89. The number of nitrogen functional groups attached to an aromatic ring is 1. The molecule has 1 aromatic rings. The Hall–Kier alpha value is -2.12. The van der Waals surface area contributed by atoms with Crippen LogP contribution in [-0.4, -0.2) is 34.0 Å². The first-order valence-corrected chi connectivity index (χ1v) is 7.98. The minimum absolute atomic E-state index is 0.0554. The van der Waals surface area contributed by atoms with Crippen LogP contribution >= 0.6 is 0 Å². The van der Waals surface area contributed by atoms with Crippen molar-refractivity contribution in [2.45, 2.75) is 51.0 Å². The molecule has 1 aromatic heterocycles. The highest BCUT2D eigenvalue weighted by Gasteiger charge is 2.29. The number of nitrogens with zero attached hydrogens (tertiary/aromatic N) is 4. The molecule has 1 aliphatic heterocycles. The van der Waals surface area contributed by atoms with Crippen molar-refractivity contribution >= 4 is 23.3 Å². The predicted octanol–water partition coefficient (Wildman–Crippen LogP) is 2.31. The predicted molar refractivity (Wildman–Crippen MR) is 85.0 cm³/mol. The average Bonchev–Trinajstić information content (AvgIpc) is 3.01. The summed E-state index contributed by atoms with van der Waals surface area (Å²) in [4.78, 5) is 21.3. The molecule has 8 heteroatoms. The van der Waals surface area contributed by atoms with E-state index < -0.39 is 4.92 Å². The van der Waals surface area contributed by atoms with Gasteiger partial charge in [-0.15, -0.1) is 0 Å². The van der Waals surface area contributed by atoms with Gasteiger partial charge in [0, 0.05) is 19.1 Å². The molecule has 0 radical (unpaired) electrons. The van der Waals surface area contributed by atoms with Crippen molar-refractivity contribution in [3.8, 4) is 0 Å². The summed E-state index contributed by atoms with van der Waals surface area (Å²) in [7, 11) is 0. The number of nitro groups is 1. The first-order chi connectivity index (χ1) is 10.6. The minimum atomic E-state index is -0.479. The maximum atomic E-state index is 11.3. The van der Waals surface area contributed by atoms with Gasteiger partial charge in [0.1, 0.15) is 0 Å². The van der Waals surface area contributed by atoms with Crippen LogP contribution in [0, 0.1) is 10.1 Å². The lowest BCUT2D eigenvalue weighted by Crippen LogP contribution is -2.26. The Morgan fingerprint density at radius 2 is 1.82 bits per heavy atom. The van der Waals surface area contributed by atoms with Gasteiger partial charge in [0.2, 0.25) is 17.6 Å². The first-order valence-electron chi connectivity index (χ1n) is 7.98. The van der Waals surface area contributed by atoms with Gasteiger partial charge in [-0.25, -0.2) is 0 Å². The van der Waals surface area contributed by atoms with E-state index in [1.807, 2.05) is 4.90 Å². The second-order valence-electron chi connectivity index (χ2n) is 6.04. The Kier molecular flexibility index (Phi) is 4.26. The zero-order valence-electron chi connectivity index (χ0n) is 12.6. The zero-order chi connectivity index (χ0) is 15.5. The molecular weight excluding hydrogens is 284 g/mol. The monoisotopic (exact) mass is 306 g/mol. The third kappa shape index (κ3) is 3.05. The van der Waals surface area contributed by atoms with Gasteiger partial charge in [-0.1, -0.05) is 19.3 Å². The summed E-state index contributed by atoms with van der Waals surface area (Å²) in [6, 6.07) is 0.334. The molecule has 2 fully saturated rings. The number of hydrogen-bond acceptors (Lipinski definition) is 7. The molecular formula is C14H22N6O2. The molecule has 0 aromatic carbocycles. The van der Waals surface area contributed by atoms with Gasteiger partial charge >= 0.3 is 5.69 Å². The highest BCUT2D eigenvalue weighted by atomic mass is 16.6. The lowest BCUT2D eigenvalue weighted by Gasteiger charge is -2.24. The van der Waals surface area contributed by atoms with Crippen LogP contribution < -0.4 is 16.0 Å². The topological polar surface area (TPSA) is 110 Å². The van der Waals surface area contributed by atoms with E-state index in [2.05, 4.69) is 15.3 Å². The van der Waals surface area contributed by atoms with Gasteiger partial charge in [-0.05, 0) is 25.7 Å². The van der Waals surface area contributed by atoms with Crippen LogP contribution in [-0.2, 0) is 0 Å². The summed E-state index contributed by atoms with van der Waals surface area (Å²) < 4.78 is 0. The van der Waals surface area contributed by atoms with Crippen molar-refractivity contribution in [2.75, 3.05) is 29.0 Å². The summed E-state index contributed by atoms with van der Waals surface area (Å²) in [5.74, 6) is 0.713. The third-order valence-electron chi connectivity index (χ3n) is 4.42. The molecule has 120 valence electrons. The van der Waals surface area contributed by atoms with Crippen LogP contribution in [0.3, 0.4) is 0 Å². The summed E-state index contributed by atoms with van der Waals surface area (Å²) in [5.41, 5.74) is 5.67. The van der Waals surface area contributed by atoms with Gasteiger partial charge in [0.15, 0.2) is 0 Å². The summed E-state index contributed by atoms with van der Waals surface area (Å²) in [5, 5.41) is 14.6. The number of rotatable bonds is 4. The largest absolute Gasteiger partial charge is 0.378 e. The van der Waals surface area contributed by atoms with Crippen molar-refractivity contribution < 1.29 is 4.92 Å². The van der Waals surface area contributed by atoms with Crippen molar-refractivity contribution in [1.29, 1.82) is 0 Å². The highest BCUT2D eigenvalue weighted by Crippen LogP contribution is 2.34. The smallest absolute Gasteiger partial charge is 0.353 e. The molecule has 8 nitrogen and oxygen atoms in total. The number of anilines is 3. The maximum Gasteiger partial charge on any atom is 0.353 e. The van der Waals surface area contributed by atoms with E-state index in [1.54, 1.807) is 0 Å². The molecule has 3 N–H and O–H groups in total. The molecule has 0 bridgehead atoms. The molecule has 1 saturated carbocycles. The first kappa shape index (κ1) is 14.8. The lowest BCUT2D eigenvalue weighted by atomic mass is 9.96. The van der Waals surface area contributed by atoms with Gasteiger partial charge in [0.05, 0.1) is 4.92 Å². The molecule has 22 heavy (non-hydrogen) atoms. The maximum absolute atomic E-state index is 11.3. The fourth-order valence-electron chi connectivity index (χ4n) is 3.28. The van der Waals surface area contributed by atoms with Gasteiger partial charge in [-0.3, -0.25) is 10.1 Å². The molecule has 2 heterocycles. The normalized spacial score (nSPS) is 19.4. The van der Waals surface area contributed by atoms with Crippen molar-refractivity contribution in [2.24, 2.45) is 0 Å². The summed E-state index contributed by atoms with van der Waals surface area (Å²) >= 11 is 0. The van der Waals surface area contributed by atoms with E-state index in [-0.39, 0.29) is 11.5 Å². The van der Waals surface area contributed by atoms with E-state index >= 15 is 0 Å². The lowest BCUT2D eigenvalue weighted by molar-refractivity contribution is -0.383. The van der Waals surface area contributed by atoms with Gasteiger partial charge in [0.25, 0.3) is 0 Å². The molecule has 0 amide bonds. The Morgan fingerprint density at radius 1 is 1.14 bits per heavy atom. The van der Waals surface area contributed by atoms with Crippen LogP contribution in [0.5, 0.6) is 0 Å². The molecule has 0 atom stereocenters. The van der Waals surface area contributed by atoms with Crippen LogP contribution in [0.1, 0.15) is 44.9 Å². The number of nitrogens with two attached hydrogens (primary N) is 1. The summed E-state index contributed by atoms with van der Waals surface area (Å²) in [6.07, 6.45) is 7.86. The number of hydrogen-bond donors (Lipinski definition) is 2. The van der Waals surface area contributed by atoms with Gasteiger partial charge in [-0.2, -0.15) is 9.97 Å². The van der Waals surface area contributed by atoms with E-state index in [0.717, 1.165) is 38.8 Å². The number of aromatic nitrogens is 2. The molecule has 0 spiro atoms. The van der Waals surface area contributed by atoms with Crippen molar-refractivity contribution in [1.82, 2.24) is 9.97 Å². The van der Waals surface area contributed by atoms with E-state index in [1.165, 1.54) is 19.3 Å². The average molecular weight is 306 g/mol. The third-order valence-corrected chi connectivity index (χ3v) is 4.42. The van der Waals surface area contributed by atoms with Crippen LogP contribution in [0.15, 0.2) is 0 Å².